The minimum atomic E-state index is -3.97. The number of hydrogen-bond acceptors (Lipinski definition) is 5. The van der Waals surface area contributed by atoms with Gasteiger partial charge in [0.1, 0.15) is 0 Å². The highest BCUT2D eigenvalue weighted by atomic mass is 31.2. The molecule has 0 bridgehead atoms. The Morgan fingerprint density at radius 1 is 1.18 bits per heavy atom. The van der Waals surface area contributed by atoms with E-state index in [0.29, 0.717) is 12.8 Å². The molecule has 0 saturated heterocycles. The van der Waals surface area contributed by atoms with Gasteiger partial charge in [-0.05, 0) is 12.8 Å². The van der Waals surface area contributed by atoms with Gasteiger partial charge in [-0.25, -0.2) is 4.79 Å². The van der Waals surface area contributed by atoms with E-state index >= 15 is 0 Å². The van der Waals surface area contributed by atoms with Gasteiger partial charge in [0.2, 0.25) is 0 Å². The molecule has 1 unspecified atom stereocenters. The van der Waals surface area contributed by atoms with E-state index < -0.39 is 19.4 Å². The SMILES string of the molecule is CCCCOP(=O)(OCCCC)C(O)C(=O)O. The predicted molar refractivity (Wildman–Crippen MR) is 63.0 cm³/mol. The minimum Gasteiger partial charge on any atom is -0.479 e. The van der Waals surface area contributed by atoms with E-state index in [0.717, 1.165) is 12.8 Å². The van der Waals surface area contributed by atoms with Crippen LogP contribution in [0.5, 0.6) is 0 Å². The zero-order valence-electron chi connectivity index (χ0n) is 10.3. The van der Waals surface area contributed by atoms with Crippen LogP contribution in [0.1, 0.15) is 39.5 Å². The molecule has 0 rings (SSSR count). The summed E-state index contributed by atoms with van der Waals surface area (Å²) in [7, 11) is -3.97. The van der Waals surface area contributed by atoms with Crippen LogP contribution in [-0.4, -0.2) is 35.2 Å². The summed E-state index contributed by atoms with van der Waals surface area (Å²) in [6.45, 7) is 4.06. The topological polar surface area (TPSA) is 93.1 Å². The van der Waals surface area contributed by atoms with Crippen molar-refractivity contribution in [3.8, 4) is 0 Å². The molecule has 6 nitrogen and oxygen atoms in total. The Labute approximate surface area is 101 Å². The van der Waals surface area contributed by atoms with E-state index in [1.807, 2.05) is 13.8 Å². The van der Waals surface area contributed by atoms with E-state index in [4.69, 9.17) is 14.2 Å². The Balaban J connectivity index is 4.45. The van der Waals surface area contributed by atoms with Crippen molar-refractivity contribution >= 4 is 13.6 Å². The van der Waals surface area contributed by atoms with Crippen LogP contribution in [0.3, 0.4) is 0 Å². The molecule has 0 aromatic heterocycles. The summed E-state index contributed by atoms with van der Waals surface area (Å²) >= 11 is 0. The van der Waals surface area contributed by atoms with Gasteiger partial charge in [-0.15, -0.1) is 0 Å². The van der Waals surface area contributed by atoms with Gasteiger partial charge in [-0.2, -0.15) is 0 Å². The van der Waals surface area contributed by atoms with Crippen molar-refractivity contribution in [3.63, 3.8) is 0 Å². The van der Waals surface area contributed by atoms with Gasteiger partial charge in [0.05, 0.1) is 13.2 Å². The zero-order chi connectivity index (χ0) is 13.3. The van der Waals surface area contributed by atoms with Crippen LogP contribution in [0.15, 0.2) is 0 Å². The Morgan fingerprint density at radius 3 is 1.88 bits per heavy atom. The third-order valence-electron chi connectivity index (χ3n) is 2.06. The van der Waals surface area contributed by atoms with Gasteiger partial charge in [-0.3, -0.25) is 4.57 Å². The second-order valence-electron chi connectivity index (χ2n) is 3.63. The highest BCUT2D eigenvalue weighted by molar-refractivity contribution is 7.55. The summed E-state index contributed by atoms with van der Waals surface area (Å²) in [5, 5.41) is 18.0. The van der Waals surface area contributed by atoms with E-state index in [1.54, 1.807) is 0 Å². The van der Waals surface area contributed by atoms with Crippen molar-refractivity contribution in [2.45, 2.75) is 45.4 Å². The first-order valence-corrected chi connectivity index (χ1v) is 7.38. The molecule has 0 fully saturated rings. The Morgan fingerprint density at radius 2 is 1.59 bits per heavy atom. The van der Waals surface area contributed by atoms with Crippen LogP contribution < -0.4 is 0 Å². The summed E-state index contributed by atoms with van der Waals surface area (Å²) in [5.41, 5.74) is 0. The molecular formula is C10H21O6P. The number of carboxylic acid groups (broad SMARTS) is 1. The van der Waals surface area contributed by atoms with Crippen molar-refractivity contribution in [1.82, 2.24) is 0 Å². The fourth-order valence-corrected chi connectivity index (χ4v) is 2.38. The maximum absolute atomic E-state index is 12.0. The summed E-state index contributed by atoms with van der Waals surface area (Å²) < 4.78 is 21.9. The van der Waals surface area contributed by atoms with Gasteiger partial charge >= 0.3 is 13.6 Å². The third-order valence-corrected chi connectivity index (χ3v) is 3.96. The summed E-state index contributed by atoms with van der Waals surface area (Å²) in [6.07, 6.45) is 2.90. The summed E-state index contributed by atoms with van der Waals surface area (Å²) in [5.74, 6) is -3.71. The van der Waals surface area contributed by atoms with Crippen LogP contribution >= 0.6 is 7.60 Å². The van der Waals surface area contributed by atoms with Crippen LogP contribution in [0.4, 0.5) is 0 Å². The molecule has 102 valence electrons. The first kappa shape index (κ1) is 16.6. The average Bonchev–Trinajstić information content (AvgIpc) is 2.28. The second kappa shape index (κ2) is 8.64. The highest BCUT2D eigenvalue weighted by Gasteiger charge is 2.40. The number of hydrogen-bond donors (Lipinski definition) is 2. The van der Waals surface area contributed by atoms with Gasteiger partial charge in [0.25, 0.3) is 5.85 Å². The predicted octanol–water partition coefficient (Wildman–Crippen LogP) is 2.22. The van der Waals surface area contributed by atoms with Crippen LogP contribution in [-0.2, 0) is 18.4 Å². The molecule has 0 amide bonds. The maximum Gasteiger partial charge on any atom is 0.370 e. The normalized spacial score (nSPS) is 13.6. The molecule has 0 spiro atoms. The molecule has 0 saturated carbocycles. The third kappa shape index (κ3) is 6.17. The number of carboxylic acids is 1. The fraction of sp³-hybridized carbons (Fsp3) is 0.900. The monoisotopic (exact) mass is 268 g/mol. The van der Waals surface area contributed by atoms with Crippen molar-refractivity contribution in [3.05, 3.63) is 0 Å². The fourth-order valence-electron chi connectivity index (χ4n) is 0.986. The number of unbranched alkanes of at least 4 members (excludes halogenated alkanes) is 2. The number of aliphatic hydroxyl groups is 1. The number of rotatable bonds is 10. The van der Waals surface area contributed by atoms with Gasteiger partial charge < -0.3 is 19.3 Å². The summed E-state index contributed by atoms with van der Waals surface area (Å²) in [4.78, 5) is 10.6. The highest BCUT2D eigenvalue weighted by Crippen LogP contribution is 2.52. The lowest BCUT2D eigenvalue weighted by molar-refractivity contribution is -0.143. The number of aliphatic carboxylic acids is 1. The second-order valence-corrected chi connectivity index (χ2v) is 5.71. The van der Waals surface area contributed by atoms with E-state index in [1.165, 1.54) is 0 Å². The summed E-state index contributed by atoms with van der Waals surface area (Å²) in [6, 6.07) is 0. The standard InChI is InChI=1S/C10H21O6P/c1-3-5-7-15-17(14,10(13)9(11)12)16-8-6-4-2/h10,13H,3-8H2,1-2H3,(H,11,12). The molecule has 0 aliphatic heterocycles. The molecule has 2 N–H and O–H groups in total. The van der Waals surface area contributed by atoms with E-state index in [-0.39, 0.29) is 13.2 Å². The molecule has 0 heterocycles. The Hall–Kier alpha value is -0.420. The molecule has 0 aromatic carbocycles. The van der Waals surface area contributed by atoms with E-state index in [2.05, 4.69) is 0 Å². The van der Waals surface area contributed by atoms with Gasteiger partial charge in [0, 0.05) is 0 Å². The lowest BCUT2D eigenvalue weighted by Gasteiger charge is -2.20. The van der Waals surface area contributed by atoms with Crippen molar-refractivity contribution in [2.24, 2.45) is 0 Å². The molecular weight excluding hydrogens is 247 g/mol. The molecule has 17 heavy (non-hydrogen) atoms. The molecule has 0 aliphatic carbocycles. The number of carbonyl (C=O) groups is 1. The first-order valence-electron chi connectivity index (χ1n) is 5.77. The van der Waals surface area contributed by atoms with Crippen LogP contribution in [0, 0.1) is 0 Å². The molecule has 1 atom stereocenters. The van der Waals surface area contributed by atoms with E-state index in [9.17, 15) is 14.5 Å². The van der Waals surface area contributed by atoms with Crippen molar-refractivity contribution in [2.75, 3.05) is 13.2 Å². The maximum atomic E-state index is 12.0. The molecule has 0 radical (unpaired) electrons. The smallest absolute Gasteiger partial charge is 0.370 e. The van der Waals surface area contributed by atoms with Crippen molar-refractivity contribution < 1.29 is 28.6 Å². The quantitative estimate of drug-likeness (QED) is 0.466. The Kier molecular flexibility index (Phi) is 8.43. The van der Waals surface area contributed by atoms with Crippen LogP contribution in [0.2, 0.25) is 0 Å². The lowest BCUT2D eigenvalue weighted by atomic mass is 10.4. The molecule has 0 aromatic rings. The largest absolute Gasteiger partial charge is 0.479 e. The van der Waals surface area contributed by atoms with Gasteiger partial charge in [-0.1, -0.05) is 26.7 Å². The minimum absolute atomic E-state index is 0.115. The average molecular weight is 268 g/mol. The van der Waals surface area contributed by atoms with Crippen molar-refractivity contribution in [1.29, 1.82) is 0 Å². The Bertz CT molecular complexity index is 254. The lowest BCUT2D eigenvalue weighted by Crippen LogP contribution is -2.23. The molecule has 0 aliphatic rings. The van der Waals surface area contributed by atoms with Crippen LogP contribution in [0.25, 0.3) is 0 Å². The molecule has 7 heteroatoms. The zero-order valence-corrected chi connectivity index (χ0v) is 11.2. The van der Waals surface area contributed by atoms with Gasteiger partial charge in [0.15, 0.2) is 0 Å². The number of aliphatic hydroxyl groups excluding tert-OH is 1. The first-order chi connectivity index (χ1) is 7.98.